The second kappa shape index (κ2) is 5.43. The number of benzene rings is 1. The first-order valence-electron chi connectivity index (χ1n) is 5.77. The summed E-state index contributed by atoms with van der Waals surface area (Å²) in [5, 5.41) is 9.07. The van der Waals surface area contributed by atoms with Gasteiger partial charge in [0.25, 0.3) is 0 Å². The second-order valence-corrected chi connectivity index (χ2v) is 4.14. The van der Waals surface area contributed by atoms with Crippen molar-refractivity contribution in [3.63, 3.8) is 0 Å². The Morgan fingerprint density at radius 2 is 2.00 bits per heavy atom. The average molecular weight is 297 g/mol. The molecule has 110 valence electrons. The molecule has 0 aliphatic carbocycles. The van der Waals surface area contributed by atoms with Crippen LogP contribution in [0.5, 0.6) is 5.75 Å². The number of carbonyl (C=O) groups is 1. The highest BCUT2D eigenvalue weighted by Crippen LogP contribution is 2.39. The van der Waals surface area contributed by atoms with Gasteiger partial charge in [-0.2, -0.15) is 13.2 Å². The number of rotatable bonds is 3. The Morgan fingerprint density at radius 3 is 2.57 bits per heavy atom. The summed E-state index contributed by atoms with van der Waals surface area (Å²) in [6.45, 7) is 0. The van der Waals surface area contributed by atoms with Crippen molar-refractivity contribution in [3.8, 4) is 16.9 Å². The Balaban J connectivity index is 2.64. The number of aromatic carboxylic acids is 1. The first-order chi connectivity index (χ1) is 9.84. The van der Waals surface area contributed by atoms with Crippen LogP contribution in [0.25, 0.3) is 11.1 Å². The summed E-state index contributed by atoms with van der Waals surface area (Å²) in [5.74, 6) is -1.58. The molecule has 1 heterocycles. The maximum Gasteiger partial charge on any atom is 0.419 e. The summed E-state index contributed by atoms with van der Waals surface area (Å²) in [4.78, 5) is 14.8. The summed E-state index contributed by atoms with van der Waals surface area (Å²) >= 11 is 0. The minimum absolute atomic E-state index is 0.128. The molecule has 1 N–H and O–H groups in total. The SMILES string of the molecule is COc1ccc(-c2ccncc2C(=O)O)cc1C(F)(F)F. The van der Waals surface area contributed by atoms with Crippen LogP contribution in [0, 0.1) is 0 Å². The maximum atomic E-state index is 13.0. The van der Waals surface area contributed by atoms with Crippen LogP contribution < -0.4 is 4.74 Å². The van der Waals surface area contributed by atoms with Gasteiger partial charge < -0.3 is 9.84 Å². The van der Waals surface area contributed by atoms with Crippen LogP contribution >= 0.6 is 0 Å². The Hall–Kier alpha value is -2.57. The van der Waals surface area contributed by atoms with E-state index in [0.717, 1.165) is 25.4 Å². The van der Waals surface area contributed by atoms with Gasteiger partial charge in [-0.25, -0.2) is 4.79 Å². The van der Waals surface area contributed by atoms with Gasteiger partial charge in [-0.15, -0.1) is 0 Å². The van der Waals surface area contributed by atoms with Crippen LogP contribution in [-0.4, -0.2) is 23.2 Å². The van der Waals surface area contributed by atoms with E-state index in [1.54, 1.807) is 0 Å². The third-order valence-corrected chi connectivity index (χ3v) is 2.87. The predicted octanol–water partition coefficient (Wildman–Crippen LogP) is 3.47. The van der Waals surface area contributed by atoms with Crippen LogP contribution in [-0.2, 0) is 6.18 Å². The summed E-state index contributed by atoms with van der Waals surface area (Å²) in [7, 11) is 1.14. The number of hydrogen-bond donors (Lipinski definition) is 1. The molecule has 0 saturated carbocycles. The monoisotopic (exact) mass is 297 g/mol. The Morgan fingerprint density at radius 1 is 1.29 bits per heavy atom. The lowest BCUT2D eigenvalue weighted by atomic mass is 9.99. The molecule has 1 aromatic carbocycles. The van der Waals surface area contributed by atoms with E-state index in [0.29, 0.717) is 0 Å². The predicted molar refractivity (Wildman–Crippen MR) is 68.2 cm³/mol. The van der Waals surface area contributed by atoms with Gasteiger partial charge >= 0.3 is 12.1 Å². The number of hydrogen-bond acceptors (Lipinski definition) is 3. The van der Waals surface area contributed by atoms with Crippen molar-refractivity contribution in [3.05, 3.63) is 47.8 Å². The molecule has 0 aliphatic heterocycles. The van der Waals surface area contributed by atoms with Crippen molar-refractivity contribution in [2.75, 3.05) is 7.11 Å². The summed E-state index contributed by atoms with van der Waals surface area (Å²) < 4.78 is 43.6. The minimum atomic E-state index is -4.60. The number of nitrogens with zero attached hydrogens (tertiary/aromatic N) is 1. The molecule has 0 aliphatic rings. The molecule has 0 amide bonds. The van der Waals surface area contributed by atoms with Gasteiger partial charge in [0.1, 0.15) is 5.75 Å². The van der Waals surface area contributed by atoms with Crippen LogP contribution in [0.2, 0.25) is 0 Å². The van der Waals surface area contributed by atoms with Crippen molar-refractivity contribution < 1.29 is 27.8 Å². The van der Waals surface area contributed by atoms with E-state index in [1.165, 1.54) is 18.3 Å². The standard InChI is InChI=1S/C14H10F3NO3/c1-21-12-3-2-8(6-11(12)14(15,16)17)9-4-5-18-7-10(9)13(19)20/h2-7H,1H3,(H,19,20). The summed E-state index contributed by atoms with van der Waals surface area (Å²) in [6.07, 6.45) is -2.19. The van der Waals surface area contributed by atoms with Crippen molar-refractivity contribution in [1.82, 2.24) is 4.98 Å². The summed E-state index contributed by atoms with van der Waals surface area (Å²) in [6, 6.07) is 4.74. The van der Waals surface area contributed by atoms with Gasteiger partial charge in [-0.05, 0) is 29.3 Å². The van der Waals surface area contributed by atoms with Crippen LogP contribution in [0.3, 0.4) is 0 Å². The number of halogens is 3. The third-order valence-electron chi connectivity index (χ3n) is 2.87. The first-order valence-corrected chi connectivity index (χ1v) is 5.77. The molecule has 2 aromatic rings. The van der Waals surface area contributed by atoms with Crippen molar-refractivity contribution in [2.24, 2.45) is 0 Å². The minimum Gasteiger partial charge on any atom is -0.496 e. The van der Waals surface area contributed by atoms with Crippen molar-refractivity contribution >= 4 is 5.97 Å². The number of alkyl halides is 3. The van der Waals surface area contributed by atoms with Crippen molar-refractivity contribution in [1.29, 1.82) is 0 Å². The van der Waals surface area contributed by atoms with Crippen molar-refractivity contribution in [2.45, 2.75) is 6.18 Å². The lowest BCUT2D eigenvalue weighted by molar-refractivity contribution is -0.138. The van der Waals surface area contributed by atoms with Gasteiger partial charge in [0, 0.05) is 12.4 Å². The maximum absolute atomic E-state index is 13.0. The highest BCUT2D eigenvalue weighted by atomic mass is 19.4. The van der Waals surface area contributed by atoms with Crippen LogP contribution in [0.4, 0.5) is 13.2 Å². The number of carboxylic acids is 1. The number of pyridine rings is 1. The zero-order valence-corrected chi connectivity index (χ0v) is 10.8. The third kappa shape index (κ3) is 2.96. The molecule has 0 unspecified atom stereocenters. The quantitative estimate of drug-likeness (QED) is 0.942. The number of methoxy groups -OCH3 is 1. The molecule has 0 atom stereocenters. The average Bonchev–Trinajstić information content (AvgIpc) is 2.45. The highest BCUT2D eigenvalue weighted by Gasteiger charge is 2.34. The zero-order valence-electron chi connectivity index (χ0n) is 10.8. The van der Waals surface area contributed by atoms with E-state index in [4.69, 9.17) is 9.84 Å². The van der Waals surface area contributed by atoms with E-state index < -0.39 is 17.7 Å². The lowest BCUT2D eigenvalue weighted by Crippen LogP contribution is -2.08. The second-order valence-electron chi connectivity index (χ2n) is 4.14. The van der Waals surface area contributed by atoms with Gasteiger partial charge in [0.05, 0.1) is 18.2 Å². The fourth-order valence-corrected chi connectivity index (χ4v) is 1.91. The number of ether oxygens (including phenoxy) is 1. The number of aromatic nitrogens is 1. The van der Waals surface area contributed by atoms with E-state index in [9.17, 15) is 18.0 Å². The van der Waals surface area contributed by atoms with Gasteiger partial charge in [0.2, 0.25) is 0 Å². The fraction of sp³-hybridized carbons (Fsp3) is 0.143. The Kier molecular flexibility index (Phi) is 3.84. The fourth-order valence-electron chi connectivity index (χ4n) is 1.91. The van der Waals surface area contributed by atoms with E-state index >= 15 is 0 Å². The Bertz CT molecular complexity index is 683. The molecule has 21 heavy (non-hydrogen) atoms. The topological polar surface area (TPSA) is 59.4 Å². The molecule has 0 spiro atoms. The van der Waals surface area contributed by atoms with Gasteiger partial charge in [-0.3, -0.25) is 4.98 Å². The van der Waals surface area contributed by atoms with E-state index in [1.807, 2.05) is 0 Å². The Labute approximate surface area is 117 Å². The van der Waals surface area contributed by atoms with Gasteiger partial charge in [0.15, 0.2) is 0 Å². The summed E-state index contributed by atoms with van der Waals surface area (Å²) in [5.41, 5.74) is -0.847. The molecular weight excluding hydrogens is 287 g/mol. The normalized spacial score (nSPS) is 11.2. The molecule has 0 fully saturated rings. The molecule has 0 saturated heterocycles. The largest absolute Gasteiger partial charge is 0.496 e. The molecule has 1 aromatic heterocycles. The first kappa shape index (κ1) is 14.8. The smallest absolute Gasteiger partial charge is 0.419 e. The molecular formula is C14H10F3NO3. The lowest BCUT2D eigenvalue weighted by Gasteiger charge is -2.14. The molecule has 2 rings (SSSR count). The van der Waals surface area contributed by atoms with Crippen LogP contribution in [0.15, 0.2) is 36.7 Å². The zero-order chi connectivity index (χ0) is 15.6. The molecule has 0 radical (unpaired) electrons. The highest BCUT2D eigenvalue weighted by molar-refractivity contribution is 5.95. The number of carboxylic acid groups (broad SMARTS) is 1. The van der Waals surface area contributed by atoms with Gasteiger partial charge in [-0.1, -0.05) is 6.07 Å². The molecule has 0 bridgehead atoms. The molecule has 4 nitrogen and oxygen atoms in total. The van der Waals surface area contributed by atoms with E-state index in [-0.39, 0.29) is 22.4 Å². The molecule has 7 heteroatoms. The van der Waals surface area contributed by atoms with Crippen LogP contribution in [0.1, 0.15) is 15.9 Å². The van der Waals surface area contributed by atoms with E-state index in [2.05, 4.69) is 4.98 Å².